The van der Waals surface area contributed by atoms with Crippen molar-refractivity contribution in [2.45, 2.75) is 13.0 Å². The Kier molecular flexibility index (Phi) is 3.80. The first kappa shape index (κ1) is 11.7. The van der Waals surface area contributed by atoms with Crippen LogP contribution in [-0.2, 0) is 4.74 Å². The van der Waals surface area contributed by atoms with E-state index in [2.05, 4.69) is 0 Å². The number of aromatic hydroxyl groups is 1. The van der Waals surface area contributed by atoms with Crippen molar-refractivity contribution in [3.05, 3.63) is 29.3 Å². The first-order valence-electron chi connectivity index (χ1n) is 4.36. The van der Waals surface area contributed by atoms with E-state index in [1.807, 2.05) is 0 Å². The van der Waals surface area contributed by atoms with Gasteiger partial charge in [-0.2, -0.15) is 0 Å². The number of primary amides is 1. The number of rotatable bonds is 3. The third-order valence-electron chi connectivity index (χ3n) is 2.00. The lowest BCUT2D eigenvalue weighted by Crippen LogP contribution is -2.18. The molecule has 0 fully saturated rings. The van der Waals surface area contributed by atoms with Crippen LogP contribution in [0.15, 0.2) is 18.2 Å². The van der Waals surface area contributed by atoms with Crippen LogP contribution in [0.2, 0.25) is 0 Å². The Morgan fingerprint density at radius 2 is 2.33 bits per heavy atom. The van der Waals surface area contributed by atoms with Crippen molar-refractivity contribution in [1.82, 2.24) is 0 Å². The molecule has 1 aromatic carbocycles. The Labute approximate surface area is 92.6 Å². The Bertz CT molecular complexity index is 368. The number of alkyl halides is 1. The zero-order valence-electron chi connectivity index (χ0n) is 8.24. The molecule has 1 rings (SSSR count). The fraction of sp³-hybridized carbons (Fsp3) is 0.300. The average molecular weight is 230 g/mol. The van der Waals surface area contributed by atoms with E-state index in [1.54, 1.807) is 19.1 Å². The maximum Gasteiger partial charge on any atom is 0.405 e. The number of hydrogen-bond acceptors (Lipinski definition) is 3. The van der Waals surface area contributed by atoms with Gasteiger partial charge in [-0.25, -0.2) is 4.79 Å². The van der Waals surface area contributed by atoms with Crippen LogP contribution in [0.5, 0.6) is 5.75 Å². The number of nitrogens with two attached hydrogens (primary N) is 1. The second kappa shape index (κ2) is 4.89. The van der Waals surface area contributed by atoms with Crippen molar-refractivity contribution in [1.29, 1.82) is 0 Å². The van der Waals surface area contributed by atoms with Gasteiger partial charge in [0.15, 0.2) is 0 Å². The maximum atomic E-state index is 10.6. The number of halogens is 1. The van der Waals surface area contributed by atoms with Crippen LogP contribution in [0.25, 0.3) is 0 Å². The van der Waals surface area contributed by atoms with Crippen LogP contribution >= 0.6 is 11.6 Å². The molecule has 1 atom stereocenters. The minimum atomic E-state index is -0.888. The number of phenolic OH excluding ortho intramolecular Hbond substituents is 1. The van der Waals surface area contributed by atoms with Crippen molar-refractivity contribution in [3.63, 3.8) is 0 Å². The van der Waals surface area contributed by atoms with Crippen LogP contribution in [0.3, 0.4) is 0 Å². The molecule has 0 spiro atoms. The van der Waals surface area contributed by atoms with E-state index in [9.17, 15) is 9.90 Å². The SMILES string of the molecule is Cc1ccc(C(CCl)OC(N)=O)cc1O. The maximum absolute atomic E-state index is 10.6. The highest BCUT2D eigenvalue weighted by atomic mass is 35.5. The molecule has 0 aliphatic rings. The number of amides is 1. The van der Waals surface area contributed by atoms with Crippen LogP contribution in [-0.4, -0.2) is 17.1 Å². The van der Waals surface area contributed by atoms with Gasteiger partial charge in [0.05, 0.1) is 5.88 Å². The van der Waals surface area contributed by atoms with Gasteiger partial charge in [-0.05, 0) is 24.1 Å². The Balaban J connectivity index is 2.92. The van der Waals surface area contributed by atoms with Crippen molar-refractivity contribution in [2.75, 3.05) is 5.88 Å². The highest BCUT2D eigenvalue weighted by Gasteiger charge is 2.14. The van der Waals surface area contributed by atoms with Gasteiger partial charge in [-0.1, -0.05) is 12.1 Å². The van der Waals surface area contributed by atoms with E-state index in [0.717, 1.165) is 5.56 Å². The summed E-state index contributed by atoms with van der Waals surface area (Å²) in [5.74, 6) is 0.224. The molecule has 0 saturated heterocycles. The normalized spacial score (nSPS) is 12.1. The Hall–Kier alpha value is -1.42. The van der Waals surface area contributed by atoms with Crippen molar-refractivity contribution in [2.24, 2.45) is 5.73 Å². The average Bonchev–Trinajstić information content (AvgIpc) is 2.18. The van der Waals surface area contributed by atoms with E-state index in [-0.39, 0.29) is 11.6 Å². The molecule has 1 amide bonds. The number of carbonyl (C=O) groups is 1. The first-order chi connectivity index (χ1) is 7.04. The molecule has 0 radical (unpaired) electrons. The number of hydrogen-bond donors (Lipinski definition) is 2. The molecule has 0 aliphatic carbocycles. The van der Waals surface area contributed by atoms with Crippen LogP contribution in [0.4, 0.5) is 4.79 Å². The minimum absolute atomic E-state index is 0.0887. The summed E-state index contributed by atoms with van der Waals surface area (Å²) >= 11 is 5.62. The molecular formula is C10H12ClNO3. The fourth-order valence-corrected chi connectivity index (χ4v) is 1.40. The summed E-state index contributed by atoms with van der Waals surface area (Å²) < 4.78 is 4.78. The Morgan fingerprint density at radius 3 is 2.80 bits per heavy atom. The molecule has 0 aromatic heterocycles. The highest BCUT2D eigenvalue weighted by Crippen LogP contribution is 2.25. The minimum Gasteiger partial charge on any atom is -0.508 e. The van der Waals surface area contributed by atoms with E-state index >= 15 is 0 Å². The summed E-state index contributed by atoms with van der Waals surface area (Å²) in [7, 11) is 0. The quantitative estimate of drug-likeness (QED) is 0.780. The van der Waals surface area contributed by atoms with Crippen molar-refractivity contribution < 1.29 is 14.6 Å². The molecule has 0 saturated carbocycles. The van der Waals surface area contributed by atoms with Gasteiger partial charge < -0.3 is 15.6 Å². The highest BCUT2D eigenvalue weighted by molar-refractivity contribution is 6.18. The standard InChI is InChI=1S/C10H12ClNO3/c1-6-2-3-7(4-8(6)13)9(5-11)15-10(12)14/h2-4,9,13H,5H2,1H3,(H2,12,14). The molecule has 1 unspecified atom stereocenters. The summed E-state index contributed by atoms with van der Waals surface area (Å²) in [5, 5.41) is 9.46. The van der Waals surface area contributed by atoms with Gasteiger partial charge in [-0.3, -0.25) is 0 Å². The molecule has 0 bridgehead atoms. The van der Waals surface area contributed by atoms with Gasteiger partial charge in [0.1, 0.15) is 11.9 Å². The fourth-order valence-electron chi connectivity index (χ4n) is 1.16. The molecule has 15 heavy (non-hydrogen) atoms. The molecule has 5 heteroatoms. The van der Waals surface area contributed by atoms with Crippen LogP contribution < -0.4 is 5.73 Å². The summed E-state index contributed by atoms with van der Waals surface area (Å²) in [6.07, 6.45) is -1.52. The van der Waals surface area contributed by atoms with Gasteiger partial charge in [-0.15, -0.1) is 11.6 Å². The Morgan fingerprint density at radius 1 is 1.67 bits per heavy atom. The molecule has 3 N–H and O–H groups in total. The molecule has 0 aliphatic heterocycles. The van der Waals surface area contributed by atoms with Crippen molar-refractivity contribution >= 4 is 17.7 Å². The molecule has 1 aromatic rings. The third-order valence-corrected chi connectivity index (χ3v) is 2.28. The zero-order valence-corrected chi connectivity index (χ0v) is 8.99. The number of phenols is 1. The third kappa shape index (κ3) is 3.02. The van der Waals surface area contributed by atoms with Gasteiger partial charge in [0, 0.05) is 0 Å². The second-order valence-electron chi connectivity index (χ2n) is 3.13. The van der Waals surface area contributed by atoms with Crippen molar-refractivity contribution in [3.8, 4) is 5.75 Å². The summed E-state index contributed by atoms with van der Waals surface area (Å²) in [6, 6.07) is 4.95. The lowest BCUT2D eigenvalue weighted by molar-refractivity contribution is 0.118. The van der Waals surface area contributed by atoms with E-state index in [0.29, 0.717) is 5.56 Å². The predicted molar refractivity (Wildman–Crippen MR) is 57.0 cm³/mol. The summed E-state index contributed by atoms with van der Waals surface area (Å²) in [4.78, 5) is 10.6. The number of aryl methyl sites for hydroxylation is 1. The lowest BCUT2D eigenvalue weighted by atomic mass is 10.1. The van der Waals surface area contributed by atoms with Gasteiger partial charge in [0.25, 0.3) is 0 Å². The second-order valence-corrected chi connectivity index (χ2v) is 3.43. The lowest BCUT2D eigenvalue weighted by Gasteiger charge is -2.14. The predicted octanol–water partition coefficient (Wildman–Crippen LogP) is 2.08. The first-order valence-corrected chi connectivity index (χ1v) is 4.89. The van der Waals surface area contributed by atoms with Crippen LogP contribution in [0.1, 0.15) is 17.2 Å². The molecule has 82 valence electrons. The number of carbonyl (C=O) groups excluding carboxylic acids is 1. The topological polar surface area (TPSA) is 72.5 Å². The monoisotopic (exact) mass is 229 g/mol. The van der Waals surface area contributed by atoms with Gasteiger partial charge in [0.2, 0.25) is 0 Å². The van der Waals surface area contributed by atoms with Gasteiger partial charge >= 0.3 is 6.09 Å². The van der Waals surface area contributed by atoms with E-state index in [1.165, 1.54) is 6.07 Å². The number of benzene rings is 1. The molecule has 0 heterocycles. The number of ether oxygens (including phenoxy) is 1. The van der Waals surface area contributed by atoms with E-state index in [4.69, 9.17) is 22.1 Å². The summed E-state index contributed by atoms with van der Waals surface area (Å²) in [6.45, 7) is 1.77. The zero-order chi connectivity index (χ0) is 11.4. The molecule has 4 nitrogen and oxygen atoms in total. The van der Waals surface area contributed by atoms with E-state index < -0.39 is 12.2 Å². The molecular weight excluding hydrogens is 218 g/mol. The largest absolute Gasteiger partial charge is 0.508 e. The smallest absolute Gasteiger partial charge is 0.405 e. The summed E-state index contributed by atoms with van der Waals surface area (Å²) in [5.41, 5.74) is 6.25. The van der Waals surface area contributed by atoms with Crippen LogP contribution in [0, 0.1) is 6.92 Å².